The molecule has 5 unspecified atom stereocenters. The lowest BCUT2D eigenvalue weighted by Gasteiger charge is -2.38. The van der Waals surface area contributed by atoms with Crippen molar-refractivity contribution in [2.24, 2.45) is 4.99 Å². The Morgan fingerprint density at radius 2 is 2.24 bits per heavy atom. The molecule has 2 saturated heterocycles. The summed E-state index contributed by atoms with van der Waals surface area (Å²) in [6, 6.07) is 5.43. The zero-order valence-corrected chi connectivity index (χ0v) is 16.5. The summed E-state index contributed by atoms with van der Waals surface area (Å²) < 4.78 is 26.2. The summed E-state index contributed by atoms with van der Waals surface area (Å²) in [6.45, 7) is 2.89. The van der Waals surface area contributed by atoms with Gasteiger partial charge in [0.1, 0.15) is 47.6 Å². The maximum Gasteiger partial charge on any atom is 0.159 e. The van der Waals surface area contributed by atoms with Crippen LogP contribution in [0.1, 0.15) is 12.6 Å². The minimum atomic E-state index is -1.08. The molecule has 0 saturated carbocycles. The summed E-state index contributed by atoms with van der Waals surface area (Å²) in [5.41, 5.74) is 0.204. The van der Waals surface area contributed by atoms with E-state index >= 15 is 0 Å². The molecule has 29 heavy (non-hydrogen) atoms. The van der Waals surface area contributed by atoms with Gasteiger partial charge in [-0.25, -0.2) is 9.07 Å². The first-order valence-electron chi connectivity index (χ1n) is 9.30. The van der Waals surface area contributed by atoms with Crippen LogP contribution in [0.3, 0.4) is 0 Å². The van der Waals surface area contributed by atoms with Gasteiger partial charge in [-0.2, -0.15) is 0 Å². The highest BCUT2D eigenvalue weighted by atomic mass is 32.2. The van der Waals surface area contributed by atoms with Gasteiger partial charge in [-0.05, 0) is 19.1 Å². The molecule has 3 N–H and O–H groups in total. The molecule has 0 amide bonds. The van der Waals surface area contributed by atoms with Crippen molar-refractivity contribution in [1.29, 1.82) is 0 Å². The van der Waals surface area contributed by atoms with Gasteiger partial charge in [-0.1, -0.05) is 23.0 Å². The Bertz CT molecular complexity index is 881. The number of benzene rings is 1. The topological polar surface area (TPSA) is 114 Å². The Morgan fingerprint density at radius 3 is 3.03 bits per heavy atom. The van der Waals surface area contributed by atoms with Crippen molar-refractivity contribution in [1.82, 2.24) is 20.3 Å². The van der Waals surface area contributed by atoms with Gasteiger partial charge in [0.25, 0.3) is 0 Å². The smallest absolute Gasteiger partial charge is 0.159 e. The monoisotopic (exact) mass is 423 g/mol. The van der Waals surface area contributed by atoms with E-state index in [-0.39, 0.29) is 24.4 Å². The molecule has 4 rings (SSSR count). The number of hydrogen-bond donors (Lipinski definition) is 3. The van der Waals surface area contributed by atoms with Crippen LogP contribution in [-0.2, 0) is 17.9 Å². The molecule has 1 aromatic carbocycles. The van der Waals surface area contributed by atoms with E-state index in [0.717, 1.165) is 0 Å². The van der Waals surface area contributed by atoms with Crippen LogP contribution in [-0.4, -0.2) is 66.7 Å². The van der Waals surface area contributed by atoms with Gasteiger partial charge in [0.15, 0.2) is 5.17 Å². The van der Waals surface area contributed by atoms with Crippen molar-refractivity contribution < 1.29 is 24.1 Å². The van der Waals surface area contributed by atoms with Crippen molar-refractivity contribution in [3.8, 4) is 5.75 Å². The van der Waals surface area contributed by atoms with E-state index in [9.17, 15) is 14.6 Å². The zero-order chi connectivity index (χ0) is 20.4. The van der Waals surface area contributed by atoms with E-state index in [2.05, 4.69) is 20.6 Å². The van der Waals surface area contributed by atoms with Crippen molar-refractivity contribution in [2.75, 3.05) is 6.54 Å². The highest BCUT2D eigenvalue weighted by molar-refractivity contribution is 8.14. The van der Waals surface area contributed by atoms with Crippen LogP contribution in [0.5, 0.6) is 5.75 Å². The third-order valence-corrected chi connectivity index (χ3v) is 5.76. The fraction of sp³-hybridized carbons (Fsp3) is 0.500. The number of aliphatic hydroxyl groups excluding tert-OH is 2. The van der Waals surface area contributed by atoms with Crippen LogP contribution in [0.25, 0.3) is 0 Å². The molecule has 0 bridgehead atoms. The third-order valence-electron chi connectivity index (χ3n) is 4.66. The summed E-state index contributed by atoms with van der Waals surface area (Å²) in [6.07, 6.45) is -1.06. The first-order chi connectivity index (χ1) is 14.0. The number of halogens is 1. The van der Waals surface area contributed by atoms with Gasteiger partial charge < -0.3 is 25.0 Å². The number of aromatic nitrogens is 3. The minimum Gasteiger partial charge on any atom is -0.487 e. The summed E-state index contributed by atoms with van der Waals surface area (Å²) in [7, 11) is 0. The van der Waals surface area contributed by atoms with Crippen LogP contribution in [0, 0.1) is 5.82 Å². The zero-order valence-electron chi connectivity index (χ0n) is 15.7. The molecule has 2 fully saturated rings. The second-order valence-electron chi connectivity index (χ2n) is 6.77. The van der Waals surface area contributed by atoms with Crippen LogP contribution < -0.4 is 10.1 Å². The number of nitrogens with zero attached hydrogens (tertiary/aromatic N) is 4. The highest BCUT2D eigenvalue weighted by Gasteiger charge is 2.49. The van der Waals surface area contributed by atoms with Gasteiger partial charge >= 0.3 is 0 Å². The molecule has 0 radical (unpaired) electrons. The van der Waals surface area contributed by atoms with Gasteiger partial charge in [-0.15, -0.1) is 5.10 Å². The highest BCUT2D eigenvalue weighted by Crippen LogP contribution is 2.34. The molecule has 2 aliphatic rings. The van der Waals surface area contributed by atoms with E-state index < -0.39 is 24.4 Å². The molecule has 5 atom stereocenters. The molecule has 2 aromatic rings. The van der Waals surface area contributed by atoms with Crippen LogP contribution in [0.4, 0.5) is 4.39 Å². The molecule has 2 aliphatic heterocycles. The maximum absolute atomic E-state index is 13.2. The quantitative estimate of drug-likeness (QED) is 0.616. The predicted molar refractivity (Wildman–Crippen MR) is 104 cm³/mol. The van der Waals surface area contributed by atoms with Gasteiger partial charge in [0.05, 0.1) is 18.8 Å². The summed E-state index contributed by atoms with van der Waals surface area (Å²) >= 11 is 1.40. The van der Waals surface area contributed by atoms with Crippen LogP contribution in [0.2, 0.25) is 0 Å². The standard InChI is InChI=1S/C18H22FN5O4S/c1-2-20-18-21-14-16(26)15(25)13(28-17(14)29-18)8-24-7-11(22-23-24)9-27-12-5-3-4-10(19)6-12/h3-7,13-17,25-26H,2,8-9H2,1H3,(H,20,21). The Balaban J connectivity index is 1.36. The number of nitrogens with one attached hydrogen (secondary N) is 1. The summed E-state index contributed by atoms with van der Waals surface area (Å²) in [5.74, 6) is 0.0212. The number of ether oxygens (including phenoxy) is 2. The molecule has 0 spiro atoms. The lowest BCUT2D eigenvalue weighted by atomic mass is 9.98. The largest absolute Gasteiger partial charge is 0.487 e. The molecular weight excluding hydrogens is 401 g/mol. The number of rotatable bonds is 6. The number of thioether (sulfide) groups is 1. The van der Waals surface area contributed by atoms with Crippen LogP contribution >= 0.6 is 11.8 Å². The molecule has 9 nitrogen and oxygen atoms in total. The Labute approximate surface area is 170 Å². The van der Waals surface area contributed by atoms with Crippen LogP contribution in [0.15, 0.2) is 35.5 Å². The lowest BCUT2D eigenvalue weighted by Crippen LogP contribution is -2.59. The second kappa shape index (κ2) is 8.66. The molecule has 3 heterocycles. The molecule has 156 valence electrons. The fourth-order valence-corrected chi connectivity index (χ4v) is 4.44. The first kappa shape index (κ1) is 20.1. The average molecular weight is 423 g/mol. The second-order valence-corrected chi connectivity index (χ2v) is 7.86. The maximum atomic E-state index is 13.2. The molecule has 1 aromatic heterocycles. The normalized spacial score (nSPS) is 30.2. The van der Waals surface area contributed by atoms with Gasteiger partial charge in [0, 0.05) is 12.6 Å². The van der Waals surface area contributed by atoms with Gasteiger partial charge in [-0.3, -0.25) is 4.99 Å². The average Bonchev–Trinajstić information content (AvgIpc) is 3.31. The number of fused-ring (bicyclic) bond motifs is 1. The summed E-state index contributed by atoms with van der Waals surface area (Å²) in [4.78, 5) is 4.30. The van der Waals surface area contributed by atoms with Gasteiger partial charge in [0.2, 0.25) is 0 Å². The van der Waals surface area contributed by atoms with E-state index in [1.165, 1.54) is 28.6 Å². The Kier molecular flexibility index (Phi) is 5.99. The SMILES string of the molecule is CCN=C1NC2C(OC(Cn3cc(COc4cccc(F)c4)nn3)C(O)C2O)S1. The number of aliphatic hydroxyl groups is 2. The van der Waals surface area contributed by atoms with E-state index in [1.54, 1.807) is 18.3 Å². The van der Waals surface area contributed by atoms with Crippen molar-refractivity contribution in [3.63, 3.8) is 0 Å². The molecule has 11 heteroatoms. The summed E-state index contributed by atoms with van der Waals surface area (Å²) in [5, 5.41) is 32.8. The van der Waals surface area contributed by atoms with E-state index in [4.69, 9.17) is 9.47 Å². The van der Waals surface area contributed by atoms with Crippen molar-refractivity contribution >= 4 is 16.9 Å². The number of amidine groups is 1. The number of aliphatic imine (C=N–C) groups is 1. The lowest BCUT2D eigenvalue weighted by molar-refractivity contribution is -0.160. The van der Waals surface area contributed by atoms with Crippen molar-refractivity contribution in [3.05, 3.63) is 42.0 Å². The Morgan fingerprint density at radius 1 is 1.38 bits per heavy atom. The fourth-order valence-electron chi connectivity index (χ4n) is 3.24. The molecular formula is C18H22FN5O4S. The predicted octanol–water partition coefficient (Wildman–Crippen LogP) is 0.524. The third kappa shape index (κ3) is 4.53. The van der Waals surface area contributed by atoms with E-state index in [1.807, 2.05) is 6.92 Å². The Hall–Kier alpha value is -2.21. The van der Waals surface area contributed by atoms with Crippen molar-refractivity contribution in [2.45, 2.75) is 49.9 Å². The number of hydrogen-bond acceptors (Lipinski definition) is 8. The minimum absolute atomic E-state index is 0.126. The molecule has 0 aliphatic carbocycles. The van der Waals surface area contributed by atoms with E-state index in [0.29, 0.717) is 23.2 Å². The first-order valence-corrected chi connectivity index (χ1v) is 10.2.